The fraction of sp³-hybridized carbons (Fsp3) is 0.778. The topological polar surface area (TPSA) is 161 Å². The van der Waals surface area contributed by atoms with E-state index in [0.29, 0.717) is 30.4 Å². The Morgan fingerprint density at radius 2 is 1.87 bits per heavy atom. The minimum atomic E-state index is -1.56. The first kappa shape index (κ1) is 27.7. The van der Waals surface area contributed by atoms with Crippen molar-refractivity contribution in [1.29, 1.82) is 0 Å². The van der Waals surface area contributed by atoms with Gasteiger partial charge in [-0.1, -0.05) is 13.8 Å². The summed E-state index contributed by atoms with van der Waals surface area (Å²) in [6, 6.07) is 0. The van der Waals surface area contributed by atoms with Gasteiger partial charge in [-0.25, -0.2) is 9.59 Å². The minimum Gasteiger partial charge on any atom is -0.461 e. The highest BCUT2D eigenvalue weighted by atomic mass is 16.7. The second kappa shape index (κ2) is 10.3. The largest absolute Gasteiger partial charge is 0.461 e. The summed E-state index contributed by atoms with van der Waals surface area (Å²) in [5.74, 6) is -0.543. The smallest absolute Gasteiger partial charge is 0.336 e. The van der Waals surface area contributed by atoms with Crippen molar-refractivity contribution in [3.8, 4) is 0 Å². The molecule has 0 bridgehead atoms. The molecule has 11 heteroatoms. The van der Waals surface area contributed by atoms with Crippen molar-refractivity contribution in [2.24, 2.45) is 22.7 Å². The number of rotatable bonds is 7. The lowest BCUT2D eigenvalue weighted by molar-refractivity contribution is -0.310. The third kappa shape index (κ3) is 4.42. The molecule has 3 heterocycles. The summed E-state index contributed by atoms with van der Waals surface area (Å²) in [5.41, 5.74) is 0.354. The summed E-state index contributed by atoms with van der Waals surface area (Å²) in [4.78, 5) is 25.3. The van der Waals surface area contributed by atoms with E-state index in [2.05, 4.69) is 13.8 Å². The minimum absolute atomic E-state index is 0.0451. The van der Waals surface area contributed by atoms with Gasteiger partial charge >= 0.3 is 11.9 Å². The van der Waals surface area contributed by atoms with Crippen LogP contribution >= 0.6 is 0 Å². The fourth-order valence-corrected chi connectivity index (χ4v) is 7.24. The maximum atomic E-state index is 12.9. The van der Waals surface area contributed by atoms with Crippen LogP contribution in [0.15, 0.2) is 23.3 Å². The molecular formula is C27H38O11. The summed E-state index contributed by atoms with van der Waals surface area (Å²) >= 11 is 0. The maximum absolute atomic E-state index is 12.9. The molecular weight excluding hydrogens is 500 g/mol. The van der Waals surface area contributed by atoms with E-state index in [1.807, 2.05) is 0 Å². The van der Waals surface area contributed by atoms with Crippen molar-refractivity contribution >= 4 is 11.9 Å². The van der Waals surface area contributed by atoms with Gasteiger partial charge in [0.2, 0.25) is 6.29 Å². The summed E-state index contributed by atoms with van der Waals surface area (Å²) in [5, 5.41) is 40.4. The van der Waals surface area contributed by atoms with Gasteiger partial charge in [0, 0.05) is 23.7 Å². The van der Waals surface area contributed by atoms with Crippen LogP contribution in [0.4, 0.5) is 0 Å². The van der Waals surface area contributed by atoms with E-state index in [-0.39, 0.29) is 35.8 Å². The predicted octanol–water partition coefficient (Wildman–Crippen LogP) is 0.333. The third-order valence-electron chi connectivity index (χ3n) is 9.80. The zero-order valence-electron chi connectivity index (χ0n) is 21.9. The molecule has 1 saturated carbocycles. The second-order valence-corrected chi connectivity index (χ2v) is 11.6. The van der Waals surface area contributed by atoms with Gasteiger partial charge in [0.1, 0.15) is 31.0 Å². The van der Waals surface area contributed by atoms with E-state index >= 15 is 0 Å². The summed E-state index contributed by atoms with van der Waals surface area (Å²) < 4.78 is 27.6. The molecule has 38 heavy (non-hydrogen) atoms. The van der Waals surface area contributed by atoms with E-state index in [0.717, 1.165) is 12.8 Å². The fourth-order valence-electron chi connectivity index (χ4n) is 7.24. The molecule has 0 aromatic heterocycles. The van der Waals surface area contributed by atoms with Crippen molar-refractivity contribution in [1.82, 2.24) is 0 Å². The summed E-state index contributed by atoms with van der Waals surface area (Å²) in [7, 11) is 1.48. The lowest BCUT2D eigenvalue weighted by atomic mass is 9.46. The monoisotopic (exact) mass is 538 g/mol. The molecule has 0 aromatic rings. The van der Waals surface area contributed by atoms with Gasteiger partial charge in [-0.3, -0.25) is 0 Å². The molecule has 3 fully saturated rings. The molecule has 0 amide bonds. The van der Waals surface area contributed by atoms with E-state index in [1.54, 1.807) is 12.2 Å². The number of aliphatic hydroxyl groups excluding tert-OH is 4. The first-order chi connectivity index (χ1) is 18.0. The Labute approximate surface area is 221 Å². The molecule has 11 nitrogen and oxygen atoms in total. The standard InChI is InChI=1S/C27H38O11/c1-13-4-7-27-12-35-24(33)16(27)9-15(36-25-22(31)21(30)20(29)17(11-28)37-25)10-18(27)26(13,2)6-5-14-8-19(34-3)38-23(14)32/h8-9,13,15,17-22,25,28-31H,4-7,10-12H2,1-3H3/t13-,15-,17-,18?,19+,20-,21+,22-,25-,26+,27-/m1/s1. The van der Waals surface area contributed by atoms with Crippen molar-refractivity contribution in [2.45, 2.75) is 89.1 Å². The predicted molar refractivity (Wildman–Crippen MR) is 129 cm³/mol. The Hall–Kier alpha value is -1.86. The molecule has 0 aromatic carbocycles. The normalized spacial score (nSPS) is 46.6. The molecule has 3 aliphatic heterocycles. The number of cyclic esters (lactones) is 2. The van der Waals surface area contributed by atoms with E-state index in [4.69, 9.17) is 23.7 Å². The van der Waals surface area contributed by atoms with Gasteiger partial charge in [0.05, 0.1) is 12.7 Å². The van der Waals surface area contributed by atoms with Crippen LogP contribution in [0, 0.1) is 22.7 Å². The number of carbonyl (C=O) groups is 2. The second-order valence-electron chi connectivity index (χ2n) is 11.6. The Balaban J connectivity index is 1.42. The Bertz CT molecular complexity index is 1010. The van der Waals surface area contributed by atoms with Crippen molar-refractivity contribution in [2.75, 3.05) is 20.3 Å². The summed E-state index contributed by atoms with van der Waals surface area (Å²) in [6.07, 6.45) is -1.54. The molecule has 5 rings (SSSR count). The van der Waals surface area contributed by atoms with Gasteiger partial charge in [-0.05, 0) is 61.5 Å². The molecule has 212 valence electrons. The van der Waals surface area contributed by atoms with E-state index in [1.165, 1.54) is 7.11 Å². The average Bonchev–Trinajstić information content (AvgIpc) is 3.44. The molecule has 2 aliphatic carbocycles. The van der Waals surface area contributed by atoms with Crippen LogP contribution in [0.25, 0.3) is 0 Å². The number of carbonyl (C=O) groups excluding carboxylic acids is 2. The van der Waals surface area contributed by atoms with E-state index < -0.39 is 55.1 Å². The first-order valence-electron chi connectivity index (χ1n) is 13.3. The molecule has 5 aliphatic rings. The van der Waals surface area contributed by atoms with Crippen LogP contribution in [0.1, 0.15) is 46.0 Å². The first-order valence-corrected chi connectivity index (χ1v) is 13.3. The van der Waals surface area contributed by atoms with Crippen LogP contribution < -0.4 is 0 Å². The number of hydrogen-bond acceptors (Lipinski definition) is 11. The van der Waals surface area contributed by atoms with Crippen molar-refractivity contribution < 1.29 is 53.7 Å². The number of aliphatic hydroxyl groups is 4. The van der Waals surface area contributed by atoms with Crippen LogP contribution in [-0.2, 0) is 33.3 Å². The Morgan fingerprint density at radius 1 is 1.11 bits per heavy atom. The zero-order chi connectivity index (χ0) is 27.4. The average molecular weight is 539 g/mol. The van der Waals surface area contributed by atoms with Crippen LogP contribution in [0.2, 0.25) is 0 Å². The van der Waals surface area contributed by atoms with Gasteiger partial charge < -0.3 is 44.1 Å². The highest BCUT2D eigenvalue weighted by Crippen LogP contribution is 2.64. The zero-order valence-corrected chi connectivity index (χ0v) is 21.9. The van der Waals surface area contributed by atoms with Crippen molar-refractivity contribution in [3.63, 3.8) is 0 Å². The van der Waals surface area contributed by atoms with Crippen LogP contribution in [-0.4, -0.2) is 95.8 Å². The lowest BCUT2D eigenvalue weighted by Crippen LogP contribution is -2.60. The highest BCUT2D eigenvalue weighted by molar-refractivity contribution is 5.93. The van der Waals surface area contributed by atoms with Gasteiger partial charge in [0.15, 0.2) is 6.29 Å². The van der Waals surface area contributed by atoms with Crippen LogP contribution in [0.3, 0.4) is 0 Å². The van der Waals surface area contributed by atoms with E-state index in [9.17, 15) is 30.0 Å². The number of hydrogen-bond donors (Lipinski definition) is 4. The maximum Gasteiger partial charge on any atom is 0.336 e. The van der Waals surface area contributed by atoms with Crippen LogP contribution in [0.5, 0.6) is 0 Å². The Kier molecular flexibility index (Phi) is 7.49. The SMILES string of the molecule is CO[C@@H]1C=C(CC[C@]2(C)C3C[C@H](O[C@@H]4O[C@H](CO)[C@@H](O)[C@H](O)[C@H]4O)C=C4C(=O)OC[C@]43CC[C@H]2C)C(=O)O1. The van der Waals surface area contributed by atoms with Crippen molar-refractivity contribution in [3.05, 3.63) is 23.3 Å². The summed E-state index contributed by atoms with van der Waals surface area (Å²) in [6.45, 7) is 4.10. The Morgan fingerprint density at radius 3 is 2.55 bits per heavy atom. The lowest BCUT2D eigenvalue weighted by Gasteiger charge is -2.57. The molecule has 4 N–H and O–H groups in total. The molecule has 1 unspecified atom stereocenters. The molecule has 0 radical (unpaired) electrons. The van der Waals surface area contributed by atoms with Gasteiger partial charge in [-0.2, -0.15) is 0 Å². The number of esters is 2. The molecule has 1 spiro atoms. The number of ether oxygens (including phenoxy) is 5. The third-order valence-corrected chi connectivity index (χ3v) is 9.80. The molecule has 11 atom stereocenters. The number of methoxy groups -OCH3 is 1. The van der Waals surface area contributed by atoms with Gasteiger partial charge in [0.25, 0.3) is 0 Å². The molecule has 2 saturated heterocycles. The highest BCUT2D eigenvalue weighted by Gasteiger charge is 2.62. The van der Waals surface area contributed by atoms with Gasteiger partial charge in [-0.15, -0.1) is 0 Å². The quantitative estimate of drug-likeness (QED) is 0.331.